The number of aliphatic carboxylic acids is 1. The molecular formula is C29H43FN9O9P. The smallest absolute Gasteiger partial charge is 0.295 e. The third-order valence-electron chi connectivity index (χ3n) is 7.53. The lowest BCUT2D eigenvalue weighted by Crippen LogP contribution is -2.68. The molecule has 0 radical (unpaired) electrons. The maximum absolute atomic E-state index is 15.1. The third kappa shape index (κ3) is 9.38. The standard InChI is InChI=1S/C23H21FN7O7P.C6H14N2O2.4H2/c24-17-12-25-21(31-7-6-26-27-31)19-18(17)16(13-30(19)14-38-39(35,36)37)20(32)23(34)29-10-8-28(9-11-29)22(33)15-4-2-1-3-5-15;7-4-2-1-3-5(8)6(9)10;;;;/h1-7,12-13H,8-11,14H2,(H2,35,36,37);5H,1-4,7-8H2,(H,9,10);4*1H/t;5-;;;;/m.0..../s1. The van der Waals surface area contributed by atoms with E-state index in [2.05, 4.69) is 31.3 Å². The number of rotatable bonds is 12. The van der Waals surface area contributed by atoms with Gasteiger partial charge in [-0.15, -0.1) is 5.10 Å². The number of carboxylic acid groups (broad SMARTS) is 1. The number of carbonyl (C=O) groups is 4. The summed E-state index contributed by atoms with van der Waals surface area (Å²) in [7, 11) is -5.20. The Morgan fingerprint density at radius 3 is 2.37 bits per heavy atom. The van der Waals surface area contributed by atoms with Crippen LogP contribution >= 0.6 is 7.82 Å². The fourth-order valence-corrected chi connectivity index (χ4v) is 5.27. The Labute approximate surface area is 284 Å². The number of unbranched alkanes of at least 4 members (excludes halogenated alkanes) is 1. The lowest BCUT2D eigenvalue weighted by molar-refractivity contribution is -0.439. The molecule has 1 aromatic carbocycles. The van der Waals surface area contributed by atoms with E-state index < -0.39 is 44.1 Å². The number of quaternary nitrogens is 2. The predicted molar refractivity (Wildman–Crippen MR) is 171 cm³/mol. The highest BCUT2D eigenvalue weighted by molar-refractivity contribution is 7.44. The highest BCUT2D eigenvalue weighted by atomic mass is 31.2. The molecule has 4 aromatic rings. The number of Topliss-reactive ketones (excluding diaryl/α,β-unsaturated/α-hetero) is 1. The number of ketones is 1. The van der Waals surface area contributed by atoms with Gasteiger partial charge in [-0.25, -0.2) is 14.1 Å². The van der Waals surface area contributed by atoms with Crippen molar-refractivity contribution in [1.29, 1.82) is 0 Å². The van der Waals surface area contributed by atoms with Gasteiger partial charge in [0.2, 0.25) is 0 Å². The van der Waals surface area contributed by atoms with Crippen LogP contribution in [0.15, 0.2) is 55.1 Å². The Morgan fingerprint density at radius 2 is 1.78 bits per heavy atom. The Balaban J connectivity index is 0.00000171. The van der Waals surface area contributed by atoms with Gasteiger partial charge in [0.05, 0.1) is 47.6 Å². The first-order chi connectivity index (χ1) is 23.3. The van der Waals surface area contributed by atoms with Gasteiger partial charge in [0.25, 0.3) is 25.4 Å². The minimum atomic E-state index is -5.20. The molecule has 20 heteroatoms. The number of hydrogen-bond donors (Lipinski definition) is 3. The molecule has 0 bridgehead atoms. The van der Waals surface area contributed by atoms with E-state index in [1.165, 1.54) is 17.3 Å². The molecule has 1 saturated heterocycles. The topological polar surface area (TPSA) is 271 Å². The zero-order valence-electron chi connectivity index (χ0n) is 26.2. The van der Waals surface area contributed by atoms with Crippen molar-refractivity contribution in [2.75, 3.05) is 32.7 Å². The highest BCUT2D eigenvalue weighted by Crippen LogP contribution is 2.34. The molecule has 4 heterocycles. The predicted octanol–water partition coefficient (Wildman–Crippen LogP) is -1.90. The molecule has 3 aromatic heterocycles. The van der Waals surface area contributed by atoms with Crippen LogP contribution in [0.2, 0.25) is 0 Å². The second kappa shape index (κ2) is 16.5. The first kappa shape index (κ1) is 36.9. The summed E-state index contributed by atoms with van der Waals surface area (Å²) in [5.41, 5.74) is 7.08. The number of phosphoric ester groups is 1. The number of hydrogen-bond acceptors (Lipinski definition) is 11. The number of pyridine rings is 1. The minimum Gasteiger partial charge on any atom is -0.756 e. The fourth-order valence-electron chi connectivity index (χ4n) is 5.00. The van der Waals surface area contributed by atoms with Crippen molar-refractivity contribution in [2.24, 2.45) is 0 Å². The van der Waals surface area contributed by atoms with Crippen LogP contribution in [-0.2, 0) is 25.4 Å². The van der Waals surface area contributed by atoms with Crippen LogP contribution in [0.25, 0.3) is 16.7 Å². The first-order valence-corrected chi connectivity index (χ1v) is 16.5. The van der Waals surface area contributed by atoms with Crippen molar-refractivity contribution in [1.82, 2.24) is 34.3 Å². The molecular weight excluding hydrogens is 668 g/mol. The van der Waals surface area contributed by atoms with Gasteiger partial charge in [-0.3, -0.25) is 23.5 Å². The van der Waals surface area contributed by atoms with Crippen molar-refractivity contribution in [3.63, 3.8) is 0 Å². The first-order valence-electron chi connectivity index (χ1n) is 15.1. The fraction of sp³-hybridized carbons (Fsp3) is 0.345. The van der Waals surface area contributed by atoms with Gasteiger partial charge in [0.1, 0.15) is 12.8 Å². The molecule has 2 atom stereocenters. The molecule has 1 unspecified atom stereocenters. The highest BCUT2D eigenvalue weighted by Gasteiger charge is 2.32. The van der Waals surface area contributed by atoms with E-state index in [4.69, 9.17) is 4.89 Å². The second-order valence-corrected chi connectivity index (χ2v) is 12.1. The molecule has 1 aliphatic rings. The number of amides is 2. The number of aromatic nitrogens is 5. The summed E-state index contributed by atoms with van der Waals surface area (Å²) >= 11 is 0. The van der Waals surface area contributed by atoms with Gasteiger partial charge in [-0.05, 0) is 25.0 Å². The van der Waals surface area contributed by atoms with Gasteiger partial charge in [-0.2, -0.15) is 0 Å². The molecule has 7 N–H and O–H groups in total. The maximum atomic E-state index is 15.1. The van der Waals surface area contributed by atoms with Crippen LogP contribution in [0.4, 0.5) is 4.39 Å². The number of fused-ring (bicyclic) bond motifs is 1. The summed E-state index contributed by atoms with van der Waals surface area (Å²) < 4.78 is 32.9. The molecule has 1 aliphatic heterocycles. The monoisotopic (exact) mass is 711 g/mol. The van der Waals surface area contributed by atoms with Gasteiger partial charge >= 0.3 is 0 Å². The van der Waals surface area contributed by atoms with E-state index in [0.717, 1.165) is 41.0 Å². The van der Waals surface area contributed by atoms with Crippen LogP contribution in [-0.4, -0.2) is 102 Å². The number of piperazine rings is 1. The number of halogens is 1. The SMILES string of the molecule is O=C(C(=O)N1CCN(C(=O)c2ccccc2)CC1)c1cn(COP(=O)([O-])O)c2c(-n3ccnn3)ncc(F)c12.[HH].[HH].[HH].[HH].[NH3+]CCCC[C@H]([NH3+])C(=O)[O-]. The lowest BCUT2D eigenvalue weighted by Gasteiger charge is -2.34. The van der Waals surface area contributed by atoms with E-state index in [9.17, 15) is 33.7 Å². The summed E-state index contributed by atoms with van der Waals surface area (Å²) in [6.07, 6.45) is 7.03. The number of carboxylic acids is 1. The molecule has 0 saturated carbocycles. The molecule has 5 rings (SSSR count). The average Bonchev–Trinajstić information content (AvgIpc) is 3.77. The normalized spacial score (nSPS) is 14.9. The van der Waals surface area contributed by atoms with Crippen LogP contribution in [0.3, 0.4) is 0 Å². The van der Waals surface area contributed by atoms with Crippen molar-refractivity contribution in [3.8, 4) is 5.82 Å². The van der Waals surface area contributed by atoms with E-state index >= 15 is 4.39 Å². The van der Waals surface area contributed by atoms with E-state index in [1.54, 1.807) is 35.2 Å². The summed E-state index contributed by atoms with van der Waals surface area (Å²) in [4.78, 5) is 76.4. The average molecular weight is 712 g/mol. The van der Waals surface area contributed by atoms with E-state index in [0.29, 0.717) is 12.0 Å². The van der Waals surface area contributed by atoms with Crippen LogP contribution in [0.5, 0.6) is 0 Å². The van der Waals surface area contributed by atoms with Gasteiger partial charge < -0.3 is 45.5 Å². The van der Waals surface area contributed by atoms with Crippen LogP contribution in [0, 0.1) is 5.82 Å². The van der Waals surface area contributed by atoms with E-state index in [-0.39, 0.29) is 60.1 Å². The molecule has 270 valence electrons. The summed E-state index contributed by atoms with van der Waals surface area (Å²) in [6.45, 7) is 0.535. The summed E-state index contributed by atoms with van der Waals surface area (Å²) in [6, 6.07) is 8.09. The third-order valence-corrected chi connectivity index (χ3v) is 7.97. The van der Waals surface area contributed by atoms with Crippen molar-refractivity contribution < 1.29 is 64.7 Å². The zero-order chi connectivity index (χ0) is 35.7. The van der Waals surface area contributed by atoms with Gasteiger partial charge in [-0.1, -0.05) is 23.4 Å². The van der Waals surface area contributed by atoms with Crippen LogP contribution in [0.1, 0.15) is 45.7 Å². The Hall–Kier alpha value is -4.91. The minimum absolute atomic E-state index is 0. The number of benzene rings is 1. The Morgan fingerprint density at radius 1 is 1.10 bits per heavy atom. The van der Waals surface area contributed by atoms with E-state index in [1.807, 2.05) is 0 Å². The van der Waals surface area contributed by atoms with Gasteiger partial charge in [0.15, 0.2) is 11.6 Å². The molecule has 0 spiro atoms. The Kier molecular flexibility index (Phi) is 12.4. The largest absolute Gasteiger partial charge is 0.756 e. The molecule has 1 fully saturated rings. The summed E-state index contributed by atoms with van der Waals surface area (Å²) in [5.74, 6) is -4.25. The van der Waals surface area contributed by atoms with Gasteiger partial charge in [0, 0.05) is 50.1 Å². The molecule has 2 amide bonds. The lowest BCUT2D eigenvalue weighted by atomic mass is 10.1. The quantitative estimate of drug-likeness (QED) is 0.0629. The maximum Gasteiger partial charge on any atom is 0.295 e. The Bertz CT molecular complexity index is 1850. The van der Waals surface area contributed by atoms with Crippen molar-refractivity contribution in [3.05, 3.63) is 72.1 Å². The van der Waals surface area contributed by atoms with Crippen molar-refractivity contribution >= 4 is 42.3 Å². The number of carbonyl (C=O) groups excluding carboxylic acids is 4. The number of phosphoric acid groups is 1. The molecule has 49 heavy (non-hydrogen) atoms. The second-order valence-electron chi connectivity index (χ2n) is 10.9. The summed E-state index contributed by atoms with van der Waals surface area (Å²) in [5, 5.41) is 17.2. The van der Waals surface area contributed by atoms with Crippen LogP contribution < -0.4 is 21.5 Å². The number of nitrogens with zero attached hydrogens (tertiary/aromatic N) is 7. The van der Waals surface area contributed by atoms with Crippen molar-refractivity contribution in [2.45, 2.75) is 32.0 Å². The molecule has 0 aliphatic carbocycles. The molecule has 18 nitrogen and oxygen atoms in total. The zero-order valence-corrected chi connectivity index (χ0v) is 27.1.